The van der Waals surface area contributed by atoms with Gasteiger partial charge in [-0.25, -0.2) is 0 Å². The largest absolute Gasteiger partial charge is 0.507 e. The minimum absolute atomic E-state index is 0.00598. The van der Waals surface area contributed by atoms with Crippen molar-refractivity contribution in [1.29, 1.82) is 0 Å². The highest BCUT2D eigenvalue weighted by Crippen LogP contribution is 2.35. The van der Waals surface area contributed by atoms with Crippen molar-refractivity contribution in [3.05, 3.63) is 53.6 Å². The maximum atomic E-state index is 10.4. The molecule has 0 bridgehead atoms. The third-order valence-corrected chi connectivity index (χ3v) is 4.70. The van der Waals surface area contributed by atoms with Crippen molar-refractivity contribution in [3.63, 3.8) is 0 Å². The normalized spacial score (nSPS) is 14.8. The zero-order chi connectivity index (χ0) is 17.5. The number of hydrogen-bond acceptors (Lipinski definition) is 3. The predicted molar refractivity (Wildman–Crippen MR) is 102 cm³/mol. The molecule has 1 aliphatic rings. The second-order valence-electron chi connectivity index (χ2n) is 6.55. The van der Waals surface area contributed by atoms with E-state index in [0.29, 0.717) is 12.4 Å². The molecular weight excluding hydrogens is 312 g/mol. The van der Waals surface area contributed by atoms with Crippen LogP contribution in [0.15, 0.2) is 48.0 Å². The first-order chi connectivity index (χ1) is 12.3. The Hall–Kier alpha value is -2.26. The highest BCUT2D eigenvalue weighted by Gasteiger charge is 2.11. The third-order valence-electron chi connectivity index (χ3n) is 4.70. The standard InChI is InChI=1S/C22H26O3/c23-14-15-25-19-12-10-18(11-13-19)20-8-5-9-22(24)21(20)16-17-6-3-1-2-4-7-17/h5,8-13,16,23-24H,1-4,6-7,14-15H2. The third kappa shape index (κ3) is 4.64. The monoisotopic (exact) mass is 338 g/mol. The van der Waals surface area contributed by atoms with Gasteiger partial charge in [-0.3, -0.25) is 0 Å². The molecule has 0 spiro atoms. The summed E-state index contributed by atoms with van der Waals surface area (Å²) in [5.74, 6) is 1.07. The van der Waals surface area contributed by atoms with Crippen LogP contribution in [0.2, 0.25) is 0 Å². The summed E-state index contributed by atoms with van der Waals surface area (Å²) in [6.07, 6.45) is 9.54. The SMILES string of the molecule is OCCOc1ccc(-c2cccc(O)c2C=C2CCCCCC2)cc1. The van der Waals surface area contributed by atoms with E-state index >= 15 is 0 Å². The van der Waals surface area contributed by atoms with Gasteiger partial charge in [-0.2, -0.15) is 0 Å². The summed E-state index contributed by atoms with van der Waals surface area (Å²) in [6.45, 7) is 0.300. The lowest BCUT2D eigenvalue weighted by Gasteiger charge is -2.12. The lowest BCUT2D eigenvalue weighted by Crippen LogP contribution is -2.01. The highest BCUT2D eigenvalue weighted by atomic mass is 16.5. The van der Waals surface area contributed by atoms with Gasteiger partial charge in [0.15, 0.2) is 0 Å². The molecule has 1 aliphatic carbocycles. The van der Waals surface area contributed by atoms with Crippen LogP contribution in [-0.2, 0) is 0 Å². The van der Waals surface area contributed by atoms with E-state index in [-0.39, 0.29) is 6.61 Å². The van der Waals surface area contributed by atoms with Gasteiger partial charge in [0, 0.05) is 5.56 Å². The molecule has 2 aromatic rings. The number of benzene rings is 2. The molecule has 25 heavy (non-hydrogen) atoms. The Morgan fingerprint density at radius 1 is 0.920 bits per heavy atom. The van der Waals surface area contributed by atoms with E-state index < -0.39 is 0 Å². The van der Waals surface area contributed by atoms with Gasteiger partial charge in [-0.15, -0.1) is 0 Å². The first-order valence-electron chi connectivity index (χ1n) is 9.13. The number of aliphatic hydroxyl groups is 1. The minimum atomic E-state index is 0.00598. The summed E-state index contributed by atoms with van der Waals surface area (Å²) in [4.78, 5) is 0. The van der Waals surface area contributed by atoms with Crippen LogP contribution in [0.3, 0.4) is 0 Å². The molecule has 0 radical (unpaired) electrons. The molecule has 0 unspecified atom stereocenters. The number of aromatic hydroxyl groups is 1. The van der Waals surface area contributed by atoms with Crippen LogP contribution in [0.5, 0.6) is 11.5 Å². The average molecular weight is 338 g/mol. The van der Waals surface area contributed by atoms with Gasteiger partial charge in [0.1, 0.15) is 18.1 Å². The number of phenolic OH excluding ortho intramolecular Hbond substituents is 1. The van der Waals surface area contributed by atoms with Crippen LogP contribution >= 0.6 is 0 Å². The van der Waals surface area contributed by atoms with E-state index in [2.05, 4.69) is 6.08 Å². The molecule has 2 aromatic carbocycles. The smallest absolute Gasteiger partial charge is 0.123 e. The number of ether oxygens (including phenoxy) is 1. The Labute approximate surface area is 149 Å². The van der Waals surface area contributed by atoms with Crippen molar-refractivity contribution in [2.75, 3.05) is 13.2 Å². The van der Waals surface area contributed by atoms with Crippen LogP contribution in [-0.4, -0.2) is 23.4 Å². The van der Waals surface area contributed by atoms with E-state index in [0.717, 1.165) is 35.3 Å². The molecule has 3 rings (SSSR count). The number of phenols is 1. The molecule has 0 amide bonds. The lowest BCUT2D eigenvalue weighted by molar-refractivity contribution is 0.201. The van der Waals surface area contributed by atoms with Gasteiger partial charge in [-0.1, -0.05) is 48.8 Å². The maximum absolute atomic E-state index is 10.4. The van der Waals surface area contributed by atoms with Crippen molar-refractivity contribution in [3.8, 4) is 22.6 Å². The number of hydrogen-bond donors (Lipinski definition) is 2. The van der Waals surface area contributed by atoms with Crippen molar-refractivity contribution in [2.45, 2.75) is 38.5 Å². The Morgan fingerprint density at radius 3 is 2.32 bits per heavy atom. The van der Waals surface area contributed by atoms with Crippen LogP contribution in [0.1, 0.15) is 44.1 Å². The number of rotatable bonds is 5. The first-order valence-corrected chi connectivity index (χ1v) is 9.13. The topological polar surface area (TPSA) is 49.7 Å². The summed E-state index contributed by atoms with van der Waals surface area (Å²) in [5.41, 5.74) is 4.42. The molecule has 2 N–H and O–H groups in total. The molecule has 1 saturated carbocycles. The summed E-state index contributed by atoms with van der Waals surface area (Å²) >= 11 is 0. The fourth-order valence-electron chi connectivity index (χ4n) is 3.38. The highest BCUT2D eigenvalue weighted by molar-refractivity contribution is 5.79. The van der Waals surface area contributed by atoms with E-state index in [9.17, 15) is 5.11 Å². The Morgan fingerprint density at radius 2 is 1.64 bits per heavy atom. The summed E-state index contributed by atoms with van der Waals surface area (Å²) < 4.78 is 5.42. The molecule has 1 fully saturated rings. The molecule has 3 heteroatoms. The molecular formula is C22H26O3. The van der Waals surface area contributed by atoms with E-state index in [4.69, 9.17) is 9.84 Å². The summed E-state index contributed by atoms with van der Waals surface area (Å²) in [5, 5.41) is 19.3. The van der Waals surface area contributed by atoms with Gasteiger partial charge in [0.05, 0.1) is 6.61 Å². The quantitative estimate of drug-likeness (QED) is 0.740. The molecule has 0 atom stereocenters. The molecule has 0 saturated heterocycles. The Kier molecular flexibility index (Phi) is 6.13. The van der Waals surface area contributed by atoms with Gasteiger partial charge >= 0.3 is 0 Å². The van der Waals surface area contributed by atoms with Crippen molar-refractivity contribution >= 4 is 6.08 Å². The predicted octanol–water partition coefficient (Wildman–Crippen LogP) is 5.17. The lowest BCUT2D eigenvalue weighted by atomic mass is 9.95. The van der Waals surface area contributed by atoms with Crippen LogP contribution in [0.25, 0.3) is 17.2 Å². The Balaban J connectivity index is 1.91. The molecule has 0 heterocycles. The van der Waals surface area contributed by atoms with Crippen LogP contribution in [0, 0.1) is 0 Å². The van der Waals surface area contributed by atoms with Gasteiger partial charge in [0.25, 0.3) is 0 Å². The van der Waals surface area contributed by atoms with E-state index in [1.54, 1.807) is 6.07 Å². The zero-order valence-electron chi connectivity index (χ0n) is 14.6. The number of allylic oxidation sites excluding steroid dienone is 1. The molecule has 3 nitrogen and oxygen atoms in total. The molecule has 0 aliphatic heterocycles. The number of aliphatic hydroxyl groups excluding tert-OH is 1. The van der Waals surface area contributed by atoms with Crippen LogP contribution in [0.4, 0.5) is 0 Å². The van der Waals surface area contributed by atoms with E-state index in [1.807, 2.05) is 36.4 Å². The van der Waals surface area contributed by atoms with Crippen molar-refractivity contribution in [1.82, 2.24) is 0 Å². The zero-order valence-corrected chi connectivity index (χ0v) is 14.6. The molecule has 0 aromatic heterocycles. The second-order valence-corrected chi connectivity index (χ2v) is 6.55. The summed E-state index contributed by atoms with van der Waals surface area (Å²) in [7, 11) is 0. The van der Waals surface area contributed by atoms with Crippen LogP contribution < -0.4 is 4.74 Å². The van der Waals surface area contributed by atoms with Gasteiger partial charge in [-0.05, 0) is 55.0 Å². The fourth-order valence-corrected chi connectivity index (χ4v) is 3.38. The van der Waals surface area contributed by atoms with Crippen molar-refractivity contribution < 1.29 is 14.9 Å². The Bertz CT molecular complexity index is 707. The average Bonchev–Trinajstić information content (AvgIpc) is 2.91. The van der Waals surface area contributed by atoms with Crippen molar-refractivity contribution in [2.24, 2.45) is 0 Å². The fraction of sp³-hybridized carbons (Fsp3) is 0.364. The minimum Gasteiger partial charge on any atom is -0.507 e. The summed E-state index contributed by atoms with van der Waals surface area (Å²) in [6, 6.07) is 13.5. The maximum Gasteiger partial charge on any atom is 0.123 e. The van der Waals surface area contributed by atoms with E-state index in [1.165, 1.54) is 31.3 Å². The second kappa shape index (κ2) is 8.72. The molecule has 132 valence electrons. The van der Waals surface area contributed by atoms with Gasteiger partial charge in [0.2, 0.25) is 0 Å². The van der Waals surface area contributed by atoms with Gasteiger partial charge < -0.3 is 14.9 Å². The first kappa shape index (κ1) is 17.6.